The molecule has 0 saturated carbocycles. The van der Waals surface area contributed by atoms with Gasteiger partial charge in [0, 0.05) is 14.2 Å². The number of carbonyl (C=O) groups excluding carboxylic acids is 2. The summed E-state index contributed by atoms with van der Waals surface area (Å²) in [5.41, 5.74) is 0.0530. The maximum absolute atomic E-state index is 12.1. The van der Waals surface area contributed by atoms with Crippen LogP contribution in [0.2, 0.25) is 0 Å². The van der Waals surface area contributed by atoms with E-state index in [1.165, 1.54) is 25.0 Å². The van der Waals surface area contributed by atoms with Crippen LogP contribution in [0.1, 0.15) is 6.42 Å². The molecular weight excluding hydrogens is 344 g/mol. The third kappa shape index (κ3) is 3.13. The second kappa shape index (κ2) is 6.35. The van der Waals surface area contributed by atoms with Crippen LogP contribution in [0.15, 0.2) is 15.5 Å². The van der Waals surface area contributed by atoms with Gasteiger partial charge in [0.15, 0.2) is 0 Å². The Morgan fingerprint density at radius 2 is 2.19 bits per heavy atom. The SMILES string of the molecule is COCCn1ncc(NC2CC(=O)N(C)C2=O)c(Br)c1=O. The summed E-state index contributed by atoms with van der Waals surface area (Å²) >= 11 is 3.19. The second-order valence-electron chi connectivity index (χ2n) is 4.59. The highest BCUT2D eigenvalue weighted by atomic mass is 79.9. The summed E-state index contributed by atoms with van der Waals surface area (Å²) in [6.07, 6.45) is 1.51. The van der Waals surface area contributed by atoms with Crippen molar-refractivity contribution in [3.05, 3.63) is 21.0 Å². The van der Waals surface area contributed by atoms with Crippen molar-refractivity contribution in [1.82, 2.24) is 14.7 Å². The van der Waals surface area contributed by atoms with E-state index in [-0.39, 0.29) is 28.3 Å². The fraction of sp³-hybridized carbons (Fsp3) is 0.500. The highest BCUT2D eigenvalue weighted by Gasteiger charge is 2.36. The molecule has 1 aliphatic rings. The quantitative estimate of drug-likeness (QED) is 0.734. The molecule has 1 unspecified atom stereocenters. The molecule has 1 aromatic heterocycles. The summed E-state index contributed by atoms with van der Waals surface area (Å²) in [5, 5.41) is 6.88. The van der Waals surface area contributed by atoms with Gasteiger partial charge < -0.3 is 10.1 Å². The zero-order chi connectivity index (χ0) is 15.6. The van der Waals surface area contributed by atoms with Gasteiger partial charge in [-0.05, 0) is 15.9 Å². The summed E-state index contributed by atoms with van der Waals surface area (Å²) in [5.74, 6) is -0.578. The average Bonchev–Trinajstić information content (AvgIpc) is 2.70. The molecule has 21 heavy (non-hydrogen) atoms. The Hall–Kier alpha value is -1.74. The predicted octanol–water partition coefficient (Wildman–Crippen LogP) is -0.179. The van der Waals surface area contributed by atoms with Gasteiger partial charge in [-0.3, -0.25) is 19.3 Å². The lowest BCUT2D eigenvalue weighted by Gasteiger charge is -2.14. The van der Waals surface area contributed by atoms with Crippen LogP contribution in [-0.4, -0.2) is 53.3 Å². The number of likely N-dealkylation sites (tertiary alicyclic amines) is 1. The molecule has 1 aromatic rings. The van der Waals surface area contributed by atoms with Gasteiger partial charge in [0.1, 0.15) is 10.5 Å². The van der Waals surface area contributed by atoms with Crippen LogP contribution in [0.4, 0.5) is 5.69 Å². The number of carbonyl (C=O) groups is 2. The number of amides is 2. The first-order valence-electron chi connectivity index (χ1n) is 6.27. The van der Waals surface area contributed by atoms with E-state index in [0.717, 1.165) is 4.90 Å². The summed E-state index contributed by atoms with van der Waals surface area (Å²) in [6.45, 7) is 0.699. The van der Waals surface area contributed by atoms with E-state index >= 15 is 0 Å². The van der Waals surface area contributed by atoms with E-state index in [2.05, 4.69) is 26.3 Å². The highest BCUT2D eigenvalue weighted by molar-refractivity contribution is 9.10. The van der Waals surface area contributed by atoms with Crippen molar-refractivity contribution in [2.24, 2.45) is 0 Å². The lowest BCUT2D eigenvalue weighted by molar-refractivity contribution is -0.136. The first-order valence-corrected chi connectivity index (χ1v) is 7.06. The number of ether oxygens (including phenoxy) is 1. The minimum absolute atomic E-state index is 0.0640. The van der Waals surface area contributed by atoms with E-state index in [9.17, 15) is 14.4 Å². The number of anilines is 1. The number of methoxy groups -OCH3 is 1. The lowest BCUT2D eigenvalue weighted by Crippen LogP contribution is -2.33. The molecule has 0 aromatic carbocycles. The lowest BCUT2D eigenvalue weighted by atomic mass is 10.2. The average molecular weight is 359 g/mol. The molecule has 0 aliphatic carbocycles. The van der Waals surface area contributed by atoms with Gasteiger partial charge in [0.05, 0.1) is 31.5 Å². The first kappa shape index (κ1) is 15.6. The summed E-state index contributed by atoms with van der Waals surface area (Å²) in [4.78, 5) is 36.4. The molecule has 1 atom stereocenters. The number of halogens is 1. The molecule has 2 amide bonds. The topological polar surface area (TPSA) is 93.5 Å². The van der Waals surface area contributed by atoms with Crippen LogP contribution in [0, 0.1) is 0 Å². The molecule has 9 heteroatoms. The van der Waals surface area contributed by atoms with Gasteiger partial charge >= 0.3 is 0 Å². The van der Waals surface area contributed by atoms with Crippen LogP contribution in [0.5, 0.6) is 0 Å². The Kier molecular flexibility index (Phi) is 4.73. The number of likely N-dealkylation sites (N-methyl/N-ethyl adjacent to an activating group) is 1. The van der Waals surface area contributed by atoms with Crippen LogP contribution in [0.3, 0.4) is 0 Å². The molecule has 2 rings (SSSR count). The fourth-order valence-corrected chi connectivity index (χ4v) is 2.38. The molecule has 1 saturated heterocycles. The number of nitrogens with one attached hydrogen (secondary N) is 1. The molecule has 1 N–H and O–H groups in total. The largest absolute Gasteiger partial charge is 0.383 e. The number of hydrogen-bond acceptors (Lipinski definition) is 6. The Morgan fingerprint density at radius 1 is 1.48 bits per heavy atom. The van der Waals surface area contributed by atoms with Crippen molar-refractivity contribution in [3.8, 4) is 0 Å². The van der Waals surface area contributed by atoms with Gasteiger partial charge in [-0.25, -0.2) is 4.68 Å². The minimum Gasteiger partial charge on any atom is -0.383 e. The van der Waals surface area contributed by atoms with Crippen LogP contribution in [-0.2, 0) is 20.9 Å². The van der Waals surface area contributed by atoms with Gasteiger partial charge in [0.2, 0.25) is 5.91 Å². The zero-order valence-electron chi connectivity index (χ0n) is 11.6. The zero-order valence-corrected chi connectivity index (χ0v) is 13.2. The minimum atomic E-state index is -0.671. The molecule has 0 radical (unpaired) electrons. The number of hydrogen-bond donors (Lipinski definition) is 1. The van der Waals surface area contributed by atoms with E-state index in [1.807, 2.05) is 0 Å². The molecule has 1 aliphatic heterocycles. The second-order valence-corrected chi connectivity index (χ2v) is 5.38. The third-order valence-electron chi connectivity index (χ3n) is 3.20. The van der Waals surface area contributed by atoms with Gasteiger partial charge in [-0.15, -0.1) is 0 Å². The molecule has 0 bridgehead atoms. The molecule has 1 fully saturated rings. The monoisotopic (exact) mass is 358 g/mol. The number of nitrogens with zero attached hydrogens (tertiary/aromatic N) is 3. The van der Waals surface area contributed by atoms with Crippen molar-refractivity contribution >= 4 is 33.4 Å². The van der Waals surface area contributed by atoms with Crippen molar-refractivity contribution in [2.75, 3.05) is 26.1 Å². The van der Waals surface area contributed by atoms with Crippen molar-refractivity contribution in [1.29, 1.82) is 0 Å². The van der Waals surface area contributed by atoms with Crippen LogP contribution in [0.25, 0.3) is 0 Å². The van der Waals surface area contributed by atoms with Gasteiger partial charge in [0.25, 0.3) is 11.5 Å². The predicted molar refractivity (Wildman–Crippen MR) is 77.9 cm³/mol. The van der Waals surface area contributed by atoms with Crippen LogP contribution >= 0.6 is 15.9 Å². The number of aromatic nitrogens is 2. The molecule has 114 valence electrons. The van der Waals surface area contributed by atoms with Gasteiger partial charge in [-0.2, -0.15) is 5.10 Å². The normalized spacial score (nSPS) is 18.4. The molecule has 2 heterocycles. The number of rotatable bonds is 5. The van der Waals surface area contributed by atoms with Crippen molar-refractivity contribution < 1.29 is 14.3 Å². The standard InChI is InChI=1S/C12H15BrN4O4/c1-16-9(18)5-7(11(16)19)15-8-6-14-17(3-4-21-2)12(20)10(8)13/h6-7,15H,3-5H2,1-2H3. The van der Waals surface area contributed by atoms with E-state index in [4.69, 9.17) is 4.74 Å². The molecular formula is C12H15BrN4O4. The Bertz CT molecular complexity index is 630. The van der Waals surface area contributed by atoms with E-state index in [0.29, 0.717) is 18.8 Å². The molecule has 8 nitrogen and oxygen atoms in total. The maximum Gasteiger partial charge on any atom is 0.283 e. The van der Waals surface area contributed by atoms with E-state index < -0.39 is 6.04 Å². The third-order valence-corrected chi connectivity index (χ3v) is 3.97. The summed E-state index contributed by atoms with van der Waals surface area (Å²) in [7, 11) is 2.97. The Morgan fingerprint density at radius 3 is 2.76 bits per heavy atom. The summed E-state index contributed by atoms with van der Waals surface area (Å²) in [6, 6.07) is -0.671. The van der Waals surface area contributed by atoms with E-state index in [1.54, 1.807) is 0 Å². The molecule has 0 spiro atoms. The Balaban J connectivity index is 2.19. The maximum atomic E-state index is 12.1. The number of imide groups is 1. The Labute approximate surface area is 129 Å². The highest BCUT2D eigenvalue weighted by Crippen LogP contribution is 2.21. The van der Waals surface area contributed by atoms with Gasteiger partial charge in [-0.1, -0.05) is 0 Å². The smallest absolute Gasteiger partial charge is 0.283 e. The van der Waals surface area contributed by atoms with Crippen LogP contribution < -0.4 is 10.9 Å². The van der Waals surface area contributed by atoms with Crippen molar-refractivity contribution in [3.63, 3.8) is 0 Å². The summed E-state index contributed by atoms with van der Waals surface area (Å²) < 4.78 is 6.42. The van der Waals surface area contributed by atoms with Crippen molar-refractivity contribution in [2.45, 2.75) is 19.0 Å². The first-order chi connectivity index (χ1) is 9.95. The fourth-order valence-electron chi connectivity index (χ4n) is 1.96.